The molecule has 0 radical (unpaired) electrons. The molecular weight excluding hydrogens is 268 g/mol. The molecule has 8 heteroatoms. The van der Waals surface area contributed by atoms with Crippen LogP contribution in [0, 0.1) is 17.0 Å². The number of nitrogens with zero attached hydrogens (tertiary/aromatic N) is 1. The zero-order valence-electron chi connectivity index (χ0n) is 11.0. The summed E-state index contributed by atoms with van der Waals surface area (Å²) >= 11 is 0. The van der Waals surface area contributed by atoms with Gasteiger partial charge in [-0.1, -0.05) is 12.1 Å². The van der Waals surface area contributed by atoms with Crippen molar-refractivity contribution in [3.8, 4) is 0 Å². The Bertz CT molecular complexity index is 543. The van der Waals surface area contributed by atoms with E-state index in [0.29, 0.717) is 5.56 Å². The minimum absolute atomic E-state index is 0.102. The standard InChI is InChI=1S/C12H14N2O6/c1-7-4-3-5-8(14(18)19)10(7)11(16)13-6-9(15)12(17)20-2/h3-5,9,15H,6H2,1-2H3,(H,13,16). The molecule has 0 aliphatic rings. The third-order valence-electron chi connectivity index (χ3n) is 2.60. The second-order valence-electron chi connectivity index (χ2n) is 3.98. The zero-order valence-corrected chi connectivity index (χ0v) is 11.0. The smallest absolute Gasteiger partial charge is 0.336 e. The first-order chi connectivity index (χ1) is 9.38. The molecule has 0 spiro atoms. The van der Waals surface area contributed by atoms with Crippen LogP contribution in [0.2, 0.25) is 0 Å². The van der Waals surface area contributed by atoms with Crippen LogP contribution in [0.4, 0.5) is 5.69 Å². The molecule has 0 fully saturated rings. The highest BCUT2D eigenvalue weighted by Gasteiger charge is 2.23. The molecule has 20 heavy (non-hydrogen) atoms. The number of esters is 1. The molecule has 0 aromatic heterocycles. The largest absolute Gasteiger partial charge is 0.467 e. The minimum atomic E-state index is -1.52. The quantitative estimate of drug-likeness (QED) is 0.451. The summed E-state index contributed by atoms with van der Waals surface area (Å²) < 4.78 is 4.29. The fourth-order valence-corrected chi connectivity index (χ4v) is 1.60. The van der Waals surface area contributed by atoms with E-state index in [1.807, 2.05) is 0 Å². The first-order valence-electron chi connectivity index (χ1n) is 5.66. The van der Waals surface area contributed by atoms with E-state index in [9.17, 15) is 24.8 Å². The van der Waals surface area contributed by atoms with E-state index < -0.39 is 29.4 Å². The van der Waals surface area contributed by atoms with Gasteiger partial charge in [0.1, 0.15) is 5.56 Å². The molecule has 0 saturated carbocycles. The van der Waals surface area contributed by atoms with Crippen LogP contribution in [0.3, 0.4) is 0 Å². The predicted octanol–water partition coefficient (Wildman–Crippen LogP) is 0.167. The van der Waals surface area contributed by atoms with E-state index in [1.54, 1.807) is 13.0 Å². The van der Waals surface area contributed by atoms with Gasteiger partial charge < -0.3 is 15.2 Å². The molecule has 1 amide bonds. The normalized spacial score (nSPS) is 11.6. The number of aryl methyl sites for hydroxylation is 1. The lowest BCUT2D eigenvalue weighted by Crippen LogP contribution is -2.37. The molecule has 1 aromatic rings. The number of amides is 1. The van der Waals surface area contributed by atoms with E-state index in [-0.39, 0.29) is 11.3 Å². The Kier molecular flexibility index (Phi) is 5.15. The summed E-state index contributed by atoms with van der Waals surface area (Å²) in [5, 5.41) is 22.5. The van der Waals surface area contributed by atoms with Gasteiger partial charge in [-0.05, 0) is 12.5 Å². The molecule has 108 valence electrons. The molecule has 0 aliphatic carbocycles. The Morgan fingerprint density at radius 1 is 1.50 bits per heavy atom. The zero-order chi connectivity index (χ0) is 15.3. The number of nitro groups is 1. The first kappa shape index (κ1) is 15.6. The van der Waals surface area contributed by atoms with Gasteiger partial charge in [0, 0.05) is 6.07 Å². The van der Waals surface area contributed by atoms with Crippen molar-refractivity contribution in [2.24, 2.45) is 0 Å². The summed E-state index contributed by atoms with van der Waals surface area (Å²) in [7, 11) is 1.10. The van der Waals surface area contributed by atoms with Crippen molar-refractivity contribution in [2.45, 2.75) is 13.0 Å². The van der Waals surface area contributed by atoms with E-state index in [0.717, 1.165) is 7.11 Å². The van der Waals surface area contributed by atoms with Crippen molar-refractivity contribution in [1.29, 1.82) is 0 Å². The second-order valence-corrected chi connectivity index (χ2v) is 3.98. The maximum atomic E-state index is 11.9. The first-order valence-corrected chi connectivity index (χ1v) is 5.66. The number of carbonyl (C=O) groups excluding carboxylic acids is 2. The van der Waals surface area contributed by atoms with Crippen LogP contribution in [0.25, 0.3) is 0 Å². The molecular formula is C12H14N2O6. The molecule has 0 bridgehead atoms. The SMILES string of the molecule is COC(=O)C(O)CNC(=O)c1c(C)cccc1[N+](=O)[O-]. The minimum Gasteiger partial charge on any atom is -0.467 e. The summed E-state index contributed by atoms with van der Waals surface area (Å²) in [4.78, 5) is 33.1. The lowest BCUT2D eigenvalue weighted by atomic mass is 10.1. The second kappa shape index (κ2) is 6.62. The van der Waals surface area contributed by atoms with Crippen LogP contribution < -0.4 is 5.32 Å². The van der Waals surface area contributed by atoms with Gasteiger partial charge in [-0.25, -0.2) is 4.79 Å². The van der Waals surface area contributed by atoms with Gasteiger partial charge in [-0.15, -0.1) is 0 Å². The van der Waals surface area contributed by atoms with Gasteiger partial charge in [-0.3, -0.25) is 14.9 Å². The van der Waals surface area contributed by atoms with Gasteiger partial charge in [0.05, 0.1) is 18.6 Å². The van der Waals surface area contributed by atoms with E-state index in [1.165, 1.54) is 12.1 Å². The van der Waals surface area contributed by atoms with Crippen LogP contribution >= 0.6 is 0 Å². The average Bonchev–Trinajstić information content (AvgIpc) is 2.42. The maximum Gasteiger partial charge on any atom is 0.336 e. The number of hydrogen-bond donors (Lipinski definition) is 2. The van der Waals surface area contributed by atoms with Gasteiger partial charge in [-0.2, -0.15) is 0 Å². The summed E-state index contributed by atoms with van der Waals surface area (Å²) in [5.41, 5.74) is -0.0196. The number of carbonyl (C=O) groups is 2. The van der Waals surface area contributed by atoms with Crippen molar-refractivity contribution < 1.29 is 24.4 Å². The van der Waals surface area contributed by atoms with Crippen molar-refractivity contribution in [3.63, 3.8) is 0 Å². The maximum absolute atomic E-state index is 11.9. The van der Waals surface area contributed by atoms with E-state index in [4.69, 9.17) is 0 Å². The number of ether oxygens (including phenoxy) is 1. The third kappa shape index (κ3) is 3.51. The highest BCUT2D eigenvalue weighted by molar-refractivity contribution is 5.99. The van der Waals surface area contributed by atoms with Gasteiger partial charge >= 0.3 is 5.97 Å². The Balaban J connectivity index is 2.88. The van der Waals surface area contributed by atoms with Crippen LogP contribution in [0.1, 0.15) is 15.9 Å². The number of benzene rings is 1. The number of aliphatic hydroxyl groups is 1. The summed E-state index contributed by atoms with van der Waals surface area (Å²) in [6.45, 7) is 1.16. The van der Waals surface area contributed by atoms with Crippen LogP contribution in [0.5, 0.6) is 0 Å². The fraction of sp³-hybridized carbons (Fsp3) is 0.333. The number of nitrogens with one attached hydrogen (secondary N) is 1. The molecule has 1 aromatic carbocycles. The van der Waals surface area contributed by atoms with Crippen LogP contribution in [0.15, 0.2) is 18.2 Å². The number of rotatable bonds is 5. The number of aliphatic hydroxyl groups excluding tert-OH is 1. The molecule has 1 unspecified atom stereocenters. The van der Waals surface area contributed by atoms with Crippen LogP contribution in [-0.2, 0) is 9.53 Å². The van der Waals surface area contributed by atoms with Gasteiger partial charge in [0.25, 0.3) is 11.6 Å². The number of hydrogen-bond acceptors (Lipinski definition) is 6. The monoisotopic (exact) mass is 282 g/mol. The average molecular weight is 282 g/mol. The molecule has 1 rings (SSSR count). The summed E-state index contributed by atoms with van der Waals surface area (Å²) in [6.07, 6.45) is -1.52. The molecule has 2 N–H and O–H groups in total. The lowest BCUT2D eigenvalue weighted by molar-refractivity contribution is -0.385. The van der Waals surface area contributed by atoms with Crippen molar-refractivity contribution >= 4 is 17.6 Å². The predicted molar refractivity (Wildman–Crippen MR) is 68.2 cm³/mol. The Labute approximate surface area is 114 Å². The number of nitro benzene ring substituents is 1. The lowest BCUT2D eigenvalue weighted by Gasteiger charge is -2.11. The molecule has 8 nitrogen and oxygen atoms in total. The van der Waals surface area contributed by atoms with Crippen LogP contribution in [-0.4, -0.2) is 41.7 Å². The Hall–Kier alpha value is -2.48. The number of methoxy groups -OCH3 is 1. The Morgan fingerprint density at radius 2 is 2.15 bits per heavy atom. The van der Waals surface area contributed by atoms with Gasteiger partial charge in [0.15, 0.2) is 6.10 Å². The van der Waals surface area contributed by atoms with Crippen molar-refractivity contribution in [2.75, 3.05) is 13.7 Å². The molecule has 1 atom stereocenters. The molecule has 0 aliphatic heterocycles. The van der Waals surface area contributed by atoms with Crippen molar-refractivity contribution in [3.05, 3.63) is 39.4 Å². The fourth-order valence-electron chi connectivity index (χ4n) is 1.60. The molecule has 0 saturated heterocycles. The van der Waals surface area contributed by atoms with Gasteiger partial charge in [0.2, 0.25) is 0 Å². The van der Waals surface area contributed by atoms with Crippen molar-refractivity contribution in [1.82, 2.24) is 5.32 Å². The highest BCUT2D eigenvalue weighted by Crippen LogP contribution is 2.21. The molecule has 0 heterocycles. The Morgan fingerprint density at radius 3 is 2.70 bits per heavy atom. The van der Waals surface area contributed by atoms with E-state index >= 15 is 0 Å². The third-order valence-corrected chi connectivity index (χ3v) is 2.60. The summed E-state index contributed by atoms with van der Waals surface area (Å²) in [5.74, 6) is -1.64. The topological polar surface area (TPSA) is 119 Å². The summed E-state index contributed by atoms with van der Waals surface area (Å²) in [6, 6.07) is 4.23. The van der Waals surface area contributed by atoms with E-state index in [2.05, 4.69) is 10.1 Å². The highest BCUT2D eigenvalue weighted by atomic mass is 16.6.